The van der Waals surface area contributed by atoms with Crippen LogP contribution in [0.5, 0.6) is 0 Å². The molecule has 0 bridgehead atoms. The van der Waals surface area contributed by atoms with Crippen LogP contribution < -0.4 is 5.32 Å². The van der Waals surface area contributed by atoms with Crippen LogP contribution in [0.4, 0.5) is 0 Å². The number of hydrogen-bond acceptors (Lipinski definition) is 3. The van der Waals surface area contributed by atoms with Crippen molar-refractivity contribution < 1.29 is 42.9 Å². The quantitative estimate of drug-likeness (QED) is 0.430. The minimum atomic E-state index is 0. The van der Waals surface area contributed by atoms with E-state index in [4.69, 9.17) is 10.2 Å². The summed E-state index contributed by atoms with van der Waals surface area (Å²) < 4.78 is 0. The number of nitrogens with one attached hydrogen (secondary N) is 2. The number of aryl methyl sites for hydroxylation is 1. The van der Waals surface area contributed by atoms with Gasteiger partial charge in [0.1, 0.15) is 0 Å². The van der Waals surface area contributed by atoms with E-state index in [0.29, 0.717) is 6.04 Å². The summed E-state index contributed by atoms with van der Waals surface area (Å²) in [5, 5.41) is 21.0. The third-order valence-corrected chi connectivity index (χ3v) is 5.21. The Bertz CT molecular complexity index is 905. The molecular formula is C23H28N2O2Y. The number of para-hydroxylation sites is 1. The molecule has 1 heterocycles. The van der Waals surface area contributed by atoms with Crippen LogP contribution in [-0.4, -0.2) is 28.9 Å². The van der Waals surface area contributed by atoms with Crippen LogP contribution in [0.2, 0.25) is 0 Å². The summed E-state index contributed by atoms with van der Waals surface area (Å²) in [6.45, 7) is 0.976. The smallest absolute Gasteiger partial charge is 0.0797 e. The molecule has 0 fully saturated rings. The molecular weight excluding hydrogens is 425 g/mol. The Labute approximate surface area is 191 Å². The average Bonchev–Trinajstić information content (AvgIpc) is 3.13. The number of fused-ring (bicyclic) bond motifs is 2. The fraction of sp³-hybridized carbons (Fsp3) is 0.304. The van der Waals surface area contributed by atoms with Gasteiger partial charge in [-0.1, -0.05) is 36.4 Å². The van der Waals surface area contributed by atoms with Gasteiger partial charge in [-0.2, -0.15) is 0 Å². The number of aromatic nitrogens is 1. The van der Waals surface area contributed by atoms with Crippen LogP contribution in [0.25, 0.3) is 17.0 Å². The maximum atomic E-state index is 8.96. The molecule has 2 aromatic carbocycles. The molecule has 1 unspecified atom stereocenters. The Kier molecular flexibility index (Phi) is 9.39. The van der Waals surface area contributed by atoms with E-state index >= 15 is 0 Å². The molecule has 1 aromatic heterocycles. The van der Waals surface area contributed by atoms with Gasteiger partial charge in [-0.05, 0) is 66.6 Å². The largest absolute Gasteiger partial charge is 0.516 e. The number of H-pyrrole nitrogens is 1. The minimum Gasteiger partial charge on any atom is -0.516 e. The Morgan fingerprint density at radius 3 is 2.82 bits per heavy atom. The van der Waals surface area contributed by atoms with E-state index < -0.39 is 0 Å². The summed E-state index contributed by atoms with van der Waals surface area (Å²) in [7, 11) is 1.00. The first-order valence-corrected chi connectivity index (χ1v) is 9.52. The van der Waals surface area contributed by atoms with E-state index in [9.17, 15) is 0 Å². The number of benzene rings is 2. The summed E-state index contributed by atoms with van der Waals surface area (Å²) in [5.74, 6) is 0. The summed E-state index contributed by atoms with van der Waals surface area (Å²) in [5.41, 5.74) is 6.49. The Balaban J connectivity index is 0.000000906. The zero-order valence-corrected chi connectivity index (χ0v) is 19.2. The predicted octanol–water partition coefficient (Wildman–Crippen LogP) is 4.51. The molecule has 3 aromatic rings. The molecule has 145 valence electrons. The van der Waals surface area contributed by atoms with Crippen molar-refractivity contribution in [1.29, 1.82) is 0 Å². The molecule has 0 aliphatic heterocycles. The number of aromatic amines is 1. The topological polar surface area (TPSA) is 68.3 Å². The van der Waals surface area contributed by atoms with Gasteiger partial charge >= 0.3 is 0 Å². The molecule has 0 saturated heterocycles. The van der Waals surface area contributed by atoms with Crippen molar-refractivity contribution in [3.63, 3.8) is 0 Å². The van der Waals surface area contributed by atoms with Crippen molar-refractivity contribution in [2.24, 2.45) is 0 Å². The molecule has 1 aliphatic rings. The van der Waals surface area contributed by atoms with Gasteiger partial charge in [-0.25, -0.2) is 0 Å². The molecule has 4 nitrogen and oxygen atoms in total. The molecule has 0 amide bonds. The molecule has 0 spiro atoms. The van der Waals surface area contributed by atoms with Crippen molar-refractivity contribution in [2.45, 2.75) is 31.7 Å². The molecule has 5 heteroatoms. The van der Waals surface area contributed by atoms with E-state index in [1.54, 1.807) is 6.08 Å². The van der Waals surface area contributed by atoms with E-state index in [0.717, 1.165) is 38.3 Å². The average molecular weight is 453 g/mol. The standard InChI is InChI=1S/C22H24N2O.CH4O.Y/c25-13-11-16-8-9-20-17(14-16)4-3-7-21(20)23-12-10-18-15-24-22-6-2-1-5-19(18)22;1-2;/h1-2,5-6,8-9,11,13-15,21,23-25H,3-4,7,10,12H2;2H,1H3;/b13-11+;;. The van der Waals surface area contributed by atoms with Crippen molar-refractivity contribution in [3.8, 4) is 0 Å². The van der Waals surface area contributed by atoms with Crippen LogP contribution in [0.15, 0.2) is 54.9 Å². The van der Waals surface area contributed by atoms with Gasteiger partial charge in [0.15, 0.2) is 0 Å². The van der Waals surface area contributed by atoms with Crippen LogP contribution in [0.1, 0.15) is 41.1 Å². The third kappa shape index (κ3) is 5.33. The van der Waals surface area contributed by atoms with Crippen molar-refractivity contribution in [3.05, 3.63) is 77.2 Å². The van der Waals surface area contributed by atoms with E-state index in [1.165, 1.54) is 40.4 Å². The van der Waals surface area contributed by atoms with Gasteiger partial charge < -0.3 is 20.5 Å². The first-order valence-electron chi connectivity index (χ1n) is 9.52. The van der Waals surface area contributed by atoms with Crippen molar-refractivity contribution in [1.82, 2.24) is 10.3 Å². The molecule has 4 N–H and O–H groups in total. The van der Waals surface area contributed by atoms with Crippen LogP contribution in [-0.2, 0) is 45.6 Å². The maximum absolute atomic E-state index is 8.96. The fourth-order valence-electron chi connectivity index (χ4n) is 3.96. The summed E-state index contributed by atoms with van der Waals surface area (Å²) in [6, 6.07) is 15.4. The third-order valence-electron chi connectivity index (χ3n) is 5.21. The Hall–Kier alpha value is -1.46. The first-order chi connectivity index (χ1) is 13.3. The Morgan fingerprint density at radius 1 is 1.18 bits per heavy atom. The van der Waals surface area contributed by atoms with Gasteiger partial charge in [0.05, 0.1) is 6.26 Å². The van der Waals surface area contributed by atoms with Crippen molar-refractivity contribution in [2.75, 3.05) is 13.7 Å². The van der Waals surface area contributed by atoms with Gasteiger partial charge in [-0.15, -0.1) is 0 Å². The monoisotopic (exact) mass is 453 g/mol. The second kappa shape index (κ2) is 11.5. The van der Waals surface area contributed by atoms with E-state index in [2.05, 4.69) is 59.0 Å². The molecule has 1 radical (unpaired) electrons. The van der Waals surface area contributed by atoms with Crippen LogP contribution >= 0.6 is 0 Å². The van der Waals surface area contributed by atoms with Gasteiger partial charge in [-0.3, -0.25) is 0 Å². The van der Waals surface area contributed by atoms with Crippen molar-refractivity contribution >= 4 is 17.0 Å². The second-order valence-corrected chi connectivity index (χ2v) is 6.78. The number of rotatable bonds is 5. The van der Waals surface area contributed by atoms with E-state index in [-0.39, 0.29) is 32.7 Å². The first kappa shape index (κ1) is 22.8. The SMILES string of the molecule is CO.O/C=C/c1ccc2c(c1)CCCC2NCCc1c[nH]c2ccccc12.[Y]. The zero-order valence-electron chi connectivity index (χ0n) is 16.4. The van der Waals surface area contributed by atoms with E-state index in [1.807, 2.05) is 0 Å². The minimum absolute atomic E-state index is 0. The normalized spacial score (nSPS) is 15.6. The number of aliphatic hydroxyl groups is 2. The van der Waals surface area contributed by atoms with Gasteiger partial charge in [0, 0.05) is 63.0 Å². The summed E-state index contributed by atoms with van der Waals surface area (Å²) in [6.07, 6.45) is 9.55. The molecule has 4 rings (SSSR count). The Morgan fingerprint density at radius 2 is 2.00 bits per heavy atom. The number of aliphatic hydroxyl groups excluding tert-OH is 2. The summed E-state index contributed by atoms with van der Waals surface area (Å²) >= 11 is 0. The number of hydrogen-bond donors (Lipinski definition) is 4. The van der Waals surface area contributed by atoms with Crippen LogP contribution in [0.3, 0.4) is 0 Å². The fourth-order valence-corrected chi connectivity index (χ4v) is 3.96. The molecule has 1 aliphatic carbocycles. The summed E-state index contributed by atoms with van der Waals surface area (Å²) in [4.78, 5) is 3.36. The molecule has 0 saturated carbocycles. The molecule has 1 atom stereocenters. The zero-order chi connectivity index (χ0) is 19.1. The van der Waals surface area contributed by atoms with Gasteiger partial charge in [0.2, 0.25) is 0 Å². The van der Waals surface area contributed by atoms with Crippen LogP contribution in [0, 0.1) is 0 Å². The maximum Gasteiger partial charge on any atom is 0.0797 e. The second-order valence-electron chi connectivity index (χ2n) is 6.78. The predicted molar refractivity (Wildman–Crippen MR) is 112 cm³/mol. The van der Waals surface area contributed by atoms with Gasteiger partial charge in [0.25, 0.3) is 0 Å². The molecule has 28 heavy (non-hydrogen) atoms.